The van der Waals surface area contributed by atoms with E-state index in [4.69, 9.17) is 14.7 Å². The van der Waals surface area contributed by atoms with Gasteiger partial charge in [-0.3, -0.25) is 9.89 Å². The fraction of sp³-hybridized carbons (Fsp3) is 0.368. The van der Waals surface area contributed by atoms with Gasteiger partial charge in [-0.2, -0.15) is 0 Å². The molecule has 5 heteroatoms. The Morgan fingerprint density at radius 1 is 0.661 bits per heavy atom. The zero-order valence-electron chi connectivity index (χ0n) is 39.7. The number of aryl methyl sites for hydroxylation is 3. The van der Waals surface area contributed by atoms with Crippen molar-refractivity contribution in [2.24, 2.45) is 4.99 Å². The molecule has 0 N–H and O–H groups in total. The molecule has 0 amide bonds. The average molecular weight is 821 g/mol. The number of rotatable bonds is 6. The van der Waals surface area contributed by atoms with Crippen molar-refractivity contribution >= 4 is 28.7 Å². The summed E-state index contributed by atoms with van der Waals surface area (Å²) in [6, 6.07) is 33.6. The molecule has 0 saturated carbocycles. The molecule has 2 aliphatic heterocycles. The number of aromatic nitrogens is 1. The van der Waals surface area contributed by atoms with Gasteiger partial charge in [-0.1, -0.05) is 90.9 Å². The zero-order chi connectivity index (χ0) is 44.4. The summed E-state index contributed by atoms with van der Waals surface area (Å²) in [5.74, 6) is 3.76. The lowest BCUT2D eigenvalue weighted by Crippen LogP contribution is -2.52. The van der Waals surface area contributed by atoms with Gasteiger partial charge in [0.2, 0.25) is 0 Å². The number of pyridine rings is 1. The van der Waals surface area contributed by atoms with E-state index in [0.717, 1.165) is 46.5 Å². The molecule has 0 unspecified atom stereocenters. The van der Waals surface area contributed by atoms with Crippen molar-refractivity contribution in [2.75, 3.05) is 9.80 Å². The summed E-state index contributed by atoms with van der Waals surface area (Å²) < 4.78 is 7.09. The number of ether oxygens (including phenoxy) is 1. The number of aliphatic imine (C=N–C) groups is 1. The maximum Gasteiger partial charge on any atom is 0.137 e. The Morgan fingerprint density at radius 3 is 2.03 bits per heavy atom. The Hall–Kier alpha value is -5.68. The van der Waals surface area contributed by atoms with Crippen molar-refractivity contribution in [1.29, 1.82) is 0 Å². The van der Waals surface area contributed by atoms with Crippen molar-refractivity contribution in [3.8, 4) is 11.5 Å². The number of hydrogen-bond acceptors (Lipinski definition) is 5. The number of hydrogen-bond donors (Lipinski definition) is 0. The second-order valence-electron chi connectivity index (χ2n) is 20.8. The van der Waals surface area contributed by atoms with Crippen LogP contribution in [0.3, 0.4) is 0 Å². The van der Waals surface area contributed by atoms with E-state index in [0.29, 0.717) is 0 Å². The Kier molecular flexibility index (Phi) is 9.52. The molecule has 5 aromatic carbocycles. The van der Waals surface area contributed by atoms with Gasteiger partial charge in [-0.25, -0.2) is 4.98 Å². The van der Waals surface area contributed by atoms with Gasteiger partial charge in [0.1, 0.15) is 23.2 Å². The summed E-state index contributed by atoms with van der Waals surface area (Å²) in [5, 5.41) is 0. The standard InChI is InChI=1S/C57H64N4O/c1-33(2)40-27-41(53-59-56(14)32-45-37(6)34(3)20-22-46(45)57(56,15)61(53)52-38(7)35(4)26-36(5)39(52)8)29-44(28-40)62-43-21-23-48-50(31-43)60(49-19-17-16-18-47(49)55(48,12)13)51-30-42(24-25-58-51)54(9,10)11/h16-31,33H,32H2,1-15H3/t56-,57+/m1/s1. The van der Waals surface area contributed by atoms with Crippen LogP contribution in [0.25, 0.3) is 0 Å². The Morgan fingerprint density at radius 2 is 1.34 bits per heavy atom. The molecular weight excluding hydrogens is 757 g/mol. The van der Waals surface area contributed by atoms with Crippen LogP contribution in [0, 0.1) is 41.5 Å². The number of amidine groups is 1. The van der Waals surface area contributed by atoms with E-state index in [-0.39, 0.29) is 16.7 Å². The molecule has 0 bridgehead atoms. The van der Waals surface area contributed by atoms with Crippen LogP contribution >= 0.6 is 0 Å². The largest absolute Gasteiger partial charge is 0.457 e. The summed E-state index contributed by atoms with van der Waals surface area (Å²) in [6.45, 7) is 34.4. The van der Waals surface area contributed by atoms with Crippen molar-refractivity contribution < 1.29 is 4.74 Å². The van der Waals surface area contributed by atoms with Gasteiger partial charge in [-0.15, -0.1) is 0 Å². The summed E-state index contributed by atoms with van der Waals surface area (Å²) in [6.07, 6.45) is 2.84. The van der Waals surface area contributed by atoms with E-state index < -0.39 is 11.1 Å². The Bertz CT molecular complexity index is 2830. The maximum atomic E-state index is 7.09. The predicted octanol–water partition coefficient (Wildman–Crippen LogP) is 14.8. The lowest BCUT2D eigenvalue weighted by atomic mass is 9.73. The molecule has 9 rings (SSSR count). The number of benzene rings is 5. The molecule has 0 spiro atoms. The van der Waals surface area contributed by atoms with E-state index in [1.807, 2.05) is 6.20 Å². The van der Waals surface area contributed by atoms with Crippen molar-refractivity contribution in [1.82, 2.24) is 4.98 Å². The van der Waals surface area contributed by atoms with Crippen LogP contribution < -0.4 is 14.5 Å². The van der Waals surface area contributed by atoms with Gasteiger partial charge in [0.15, 0.2) is 0 Å². The van der Waals surface area contributed by atoms with Gasteiger partial charge < -0.3 is 9.64 Å². The first-order chi connectivity index (χ1) is 29.2. The number of fused-ring (bicyclic) bond motifs is 5. The minimum atomic E-state index is -0.413. The highest BCUT2D eigenvalue weighted by Crippen LogP contribution is 2.58. The van der Waals surface area contributed by atoms with Crippen LogP contribution in [0.2, 0.25) is 0 Å². The molecular formula is C57H64N4O. The first-order valence-electron chi connectivity index (χ1n) is 22.6. The van der Waals surface area contributed by atoms with E-state index in [2.05, 4.69) is 205 Å². The van der Waals surface area contributed by atoms with Gasteiger partial charge in [0.25, 0.3) is 0 Å². The number of anilines is 4. The van der Waals surface area contributed by atoms with Crippen LogP contribution in [0.5, 0.6) is 11.5 Å². The molecule has 2 atom stereocenters. The molecule has 62 heavy (non-hydrogen) atoms. The van der Waals surface area contributed by atoms with Crippen molar-refractivity contribution in [3.63, 3.8) is 0 Å². The molecule has 0 fully saturated rings. The highest BCUT2D eigenvalue weighted by atomic mass is 16.5. The van der Waals surface area contributed by atoms with Crippen molar-refractivity contribution in [3.05, 3.63) is 170 Å². The average Bonchev–Trinajstić information content (AvgIpc) is 3.59. The minimum Gasteiger partial charge on any atom is -0.457 e. The monoisotopic (exact) mass is 821 g/mol. The summed E-state index contributed by atoms with van der Waals surface area (Å²) >= 11 is 0. The third kappa shape index (κ3) is 6.16. The number of para-hydroxylation sites is 1. The highest BCUT2D eigenvalue weighted by molar-refractivity contribution is 6.14. The fourth-order valence-electron chi connectivity index (χ4n) is 10.7. The molecule has 0 saturated heterocycles. The van der Waals surface area contributed by atoms with E-state index in [1.165, 1.54) is 72.4 Å². The lowest BCUT2D eigenvalue weighted by molar-refractivity contribution is 0.321. The predicted molar refractivity (Wildman–Crippen MR) is 260 cm³/mol. The van der Waals surface area contributed by atoms with Gasteiger partial charge >= 0.3 is 0 Å². The Labute approximate surface area is 370 Å². The third-order valence-electron chi connectivity index (χ3n) is 15.2. The molecule has 6 aromatic rings. The van der Waals surface area contributed by atoms with E-state index >= 15 is 0 Å². The molecule has 0 radical (unpaired) electrons. The lowest BCUT2D eigenvalue weighted by Gasteiger charge is -2.44. The SMILES string of the molecule is Cc1ccc2c(c1C)C[C@@]1(C)N=C(c3cc(Oc4ccc5c(c4)N(c4cc(C(C)(C)C)ccn4)c4ccccc4C5(C)C)cc(C(C)C)c3)N(c3c(C)c(C)cc(C)c3C)[C@@]21C. The van der Waals surface area contributed by atoms with E-state index in [1.54, 1.807) is 0 Å². The van der Waals surface area contributed by atoms with E-state index in [9.17, 15) is 0 Å². The minimum absolute atomic E-state index is 0.0250. The topological polar surface area (TPSA) is 41.0 Å². The van der Waals surface area contributed by atoms with Crippen molar-refractivity contribution in [2.45, 2.75) is 138 Å². The Balaban J connectivity index is 1.20. The summed E-state index contributed by atoms with van der Waals surface area (Å²) in [5.41, 5.74) is 19.2. The van der Waals surface area contributed by atoms with Crippen LogP contribution in [0.1, 0.15) is 141 Å². The second kappa shape index (κ2) is 14.2. The summed E-state index contributed by atoms with van der Waals surface area (Å²) in [4.78, 5) is 15.8. The van der Waals surface area contributed by atoms with Gasteiger partial charge in [-0.05, 0) is 176 Å². The molecule has 318 valence electrons. The van der Waals surface area contributed by atoms with Gasteiger partial charge in [0, 0.05) is 35.3 Å². The van der Waals surface area contributed by atoms with Crippen LogP contribution in [-0.4, -0.2) is 16.4 Å². The zero-order valence-corrected chi connectivity index (χ0v) is 39.7. The summed E-state index contributed by atoms with van der Waals surface area (Å²) in [7, 11) is 0. The number of nitrogens with zero attached hydrogens (tertiary/aromatic N) is 4. The van der Waals surface area contributed by atoms with Crippen LogP contribution in [-0.2, 0) is 22.8 Å². The molecule has 1 aliphatic carbocycles. The fourth-order valence-corrected chi connectivity index (χ4v) is 10.7. The second-order valence-corrected chi connectivity index (χ2v) is 20.8. The first-order valence-corrected chi connectivity index (χ1v) is 22.6. The van der Waals surface area contributed by atoms with Gasteiger partial charge in [0.05, 0.1) is 22.5 Å². The third-order valence-corrected chi connectivity index (χ3v) is 15.2. The quantitative estimate of drug-likeness (QED) is 0.168. The normalized spacial score (nSPS) is 19.9. The molecule has 3 heterocycles. The van der Waals surface area contributed by atoms with Crippen LogP contribution in [0.4, 0.5) is 22.9 Å². The molecule has 5 nitrogen and oxygen atoms in total. The molecule has 1 aromatic heterocycles. The maximum absolute atomic E-state index is 7.09. The van der Waals surface area contributed by atoms with Crippen LogP contribution in [0.15, 0.2) is 102 Å². The smallest absolute Gasteiger partial charge is 0.137 e. The highest BCUT2D eigenvalue weighted by Gasteiger charge is 2.62. The molecule has 3 aliphatic rings. The first kappa shape index (κ1) is 41.7.